The highest BCUT2D eigenvalue weighted by Gasteiger charge is 2.10. The summed E-state index contributed by atoms with van der Waals surface area (Å²) in [5, 5.41) is 0. The molecule has 0 saturated carbocycles. The van der Waals surface area contributed by atoms with Crippen LogP contribution < -0.4 is 0 Å². The second kappa shape index (κ2) is 8.42. The van der Waals surface area contributed by atoms with Crippen molar-refractivity contribution in [1.29, 1.82) is 0 Å². The average molecular weight is 232 g/mol. The van der Waals surface area contributed by atoms with Crippen LogP contribution in [-0.2, 0) is 4.79 Å². The Labute approximate surface area is 96.1 Å². The van der Waals surface area contributed by atoms with Gasteiger partial charge in [0.1, 0.15) is 0 Å². The summed E-state index contributed by atoms with van der Waals surface area (Å²) < 4.78 is 0. The zero-order chi connectivity index (χ0) is 11.0. The molecule has 0 saturated heterocycles. The maximum absolute atomic E-state index is 11.4. The average Bonchev–Trinajstić information content (AvgIpc) is 2.13. The molecule has 0 heterocycles. The summed E-state index contributed by atoms with van der Waals surface area (Å²) >= 11 is 3.50. The molecule has 1 nitrogen and oxygen atoms in total. The highest BCUT2D eigenvalue weighted by atomic mass is 32.2. The molecule has 0 aliphatic heterocycles. The van der Waals surface area contributed by atoms with Crippen LogP contribution in [0.15, 0.2) is 9.81 Å². The van der Waals surface area contributed by atoms with Gasteiger partial charge in [-0.25, -0.2) is 0 Å². The first-order chi connectivity index (χ1) is 6.67. The minimum atomic E-state index is 0.223. The normalized spacial score (nSPS) is 12.6. The molecule has 14 heavy (non-hydrogen) atoms. The molecule has 0 N–H and O–H groups in total. The topological polar surface area (TPSA) is 17.1 Å². The first-order valence-electron chi connectivity index (χ1n) is 5.16. The van der Waals surface area contributed by atoms with Crippen LogP contribution in [0.4, 0.5) is 0 Å². The van der Waals surface area contributed by atoms with Crippen molar-refractivity contribution in [3.8, 4) is 0 Å². The van der Waals surface area contributed by atoms with E-state index in [2.05, 4.69) is 20.8 Å². The lowest BCUT2D eigenvalue weighted by molar-refractivity contribution is -0.113. The van der Waals surface area contributed by atoms with Crippen molar-refractivity contribution in [2.45, 2.75) is 40.5 Å². The van der Waals surface area contributed by atoms with Gasteiger partial charge in [0, 0.05) is 4.91 Å². The van der Waals surface area contributed by atoms with Crippen LogP contribution in [0.25, 0.3) is 0 Å². The number of carbonyl (C=O) groups excluding carboxylic acids is 1. The largest absolute Gasteiger partial charge is 0.294 e. The van der Waals surface area contributed by atoms with Gasteiger partial charge in [-0.15, -0.1) is 23.5 Å². The van der Waals surface area contributed by atoms with Crippen LogP contribution in [0, 0.1) is 0 Å². The van der Waals surface area contributed by atoms with Crippen molar-refractivity contribution in [2.24, 2.45) is 0 Å². The maximum atomic E-state index is 11.4. The van der Waals surface area contributed by atoms with Crippen molar-refractivity contribution in [3.63, 3.8) is 0 Å². The SMILES string of the molecule is CCCC(SCC)=C(SCC)C(C)=O. The molecule has 0 unspecified atom stereocenters. The third kappa shape index (κ3) is 5.11. The van der Waals surface area contributed by atoms with Crippen LogP contribution in [0.2, 0.25) is 0 Å². The Morgan fingerprint density at radius 3 is 2.00 bits per heavy atom. The standard InChI is InChI=1S/C11H20OS2/c1-5-8-10(13-6-2)11(9(4)12)14-7-3/h5-8H2,1-4H3. The number of hydrogen-bond donors (Lipinski definition) is 0. The fraction of sp³-hybridized carbons (Fsp3) is 0.727. The second-order valence-corrected chi connectivity index (χ2v) is 5.56. The molecule has 0 bridgehead atoms. The molecule has 0 aliphatic rings. The lowest BCUT2D eigenvalue weighted by Crippen LogP contribution is -1.97. The van der Waals surface area contributed by atoms with Crippen molar-refractivity contribution < 1.29 is 4.79 Å². The highest BCUT2D eigenvalue weighted by Crippen LogP contribution is 2.31. The van der Waals surface area contributed by atoms with Crippen LogP contribution in [0.3, 0.4) is 0 Å². The summed E-state index contributed by atoms with van der Waals surface area (Å²) in [5.74, 6) is 2.25. The molecule has 0 aromatic carbocycles. The van der Waals surface area contributed by atoms with Gasteiger partial charge < -0.3 is 0 Å². The molecule has 0 aliphatic carbocycles. The van der Waals surface area contributed by atoms with E-state index in [4.69, 9.17) is 0 Å². The smallest absolute Gasteiger partial charge is 0.166 e. The van der Waals surface area contributed by atoms with Gasteiger partial charge in [-0.3, -0.25) is 4.79 Å². The number of carbonyl (C=O) groups is 1. The molecule has 0 aromatic rings. The molecule has 0 spiro atoms. The molecule has 3 heteroatoms. The summed E-state index contributed by atoms with van der Waals surface area (Å²) in [6, 6.07) is 0. The Balaban J connectivity index is 4.72. The van der Waals surface area contributed by atoms with E-state index in [1.807, 2.05) is 11.8 Å². The van der Waals surface area contributed by atoms with Crippen molar-refractivity contribution in [3.05, 3.63) is 9.81 Å². The van der Waals surface area contributed by atoms with E-state index in [1.54, 1.807) is 18.7 Å². The molecular weight excluding hydrogens is 212 g/mol. The zero-order valence-electron chi connectivity index (χ0n) is 9.55. The van der Waals surface area contributed by atoms with E-state index >= 15 is 0 Å². The molecule has 0 radical (unpaired) electrons. The van der Waals surface area contributed by atoms with Gasteiger partial charge in [0.25, 0.3) is 0 Å². The number of hydrogen-bond acceptors (Lipinski definition) is 3. The number of Topliss-reactive ketones (excluding diaryl/α,β-unsaturated/α-hetero) is 1. The van der Waals surface area contributed by atoms with Crippen LogP contribution >= 0.6 is 23.5 Å². The summed E-state index contributed by atoms with van der Waals surface area (Å²) in [6.45, 7) is 8.05. The van der Waals surface area contributed by atoms with Gasteiger partial charge in [0.05, 0.1) is 4.91 Å². The van der Waals surface area contributed by atoms with Gasteiger partial charge in [-0.2, -0.15) is 0 Å². The Kier molecular flexibility index (Phi) is 8.49. The number of ketones is 1. The van der Waals surface area contributed by atoms with Gasteiger partial charge in [0.15, 0.2) is 5.78 Å². The predicted octanol–water partition coefficient (Wildman–Crippen LogP) is 4.09. The van der Waals surface area contributed by atoms with Crippen LogP contribution in [0.5, 0.6) is 0 Å². The Morgan fingerprint density at radius 2 is 1.64 bits per heavy atom. The summed E-state index contributed by atoms with van der Waals surface area (Å²) in [5.41, 5.74) is 0. The van der Waals surface area contributed by atoms with E-state index in [9.17, 15) is 4.79 Å². The molecule has 0 rings (SSSR count). The van der Waals surface area contributed by atoms with E-state index in [1.165, 1.54) is 4.91 Å². The Bertz CT molecular complexity index is 201. The highest BCUT2D eigenvalue weighted by molar-refractivity contribution is 8.07. The third-order valence-corrected chi connectivity index (χ3v) is 3.94. The fourth-order valence-corrected chi connectivity index (χ4v) is 3.26. The minimum absolute atomic E-state index is 0.223. The molecule has 82 valence electrons. The molecular formula is C11H20OS2. The van der Waals surface area contributed by atoms with E-state index < -0.39 is 0 Å². The maximum Gasteiger partial charge on any atom is 0.166 e. The molecule has 0 amide bonds. The lowest BCUT2D eigenvalue weighted by Gasteiger charge is -2.10. The minimum Gasteiger partial charge on any atom is -0.294 e. The first-order valence-corrected chi connectivity index (χ1v) is 7.14. The first kappa shape index (κ1) is 14.1. The number of thioether (sulfide) groups is 2. The van der Waals surface area contributed by atoms with E-state index in [0.717, 1.165) is 29.3 Å². The summed E-state index contributed by atoms with van der Waals surface area (Å²) in [4.78, 5) is 13.7. The van der Waals surface area contributed by atoms with Gasteiger partial charge in [-0.1, -0.05) is 27.2 Å². The Morgan fingerprint density at radius 1 is 1.07 bits per heavy atom. The Hall–Kier alpha value is 0.110. The quantitative estimate of drug-likeness (QED) is 0.615. The summed E-state index contributed by atoms with van der Waals surface area (Å²) in [6.07, 6.45) is 2.16. The predicted molar refractivity (Wildman–Crippen MR) is 68.9 cm³/mol. The van der Waals surface area contributed by atoms with Gasteiger partial charge >= 0.3 is 0 Å². The zero-order valence-corrected chi connectivity index (χ0v) is 11.2. The fourth-order valence-electron chi connectivity index (χ4n) is 1.18. The summed E-state index contributed by atoms with van der Waals surface area (Å²) in [7, 11) is 0. The lowest BCUT2D eigenvalue weighted by atomic mass is 10.3. The van der Waals surface area contributed by atoms with Crippen LogP contribution in [0.1, 0.15) is 40.5 Å². The molecule has 0 atom stereocenters. The van der Waals surface area contributed by atoms with Crippen molar-refractivity contribution in [2.75, 3.05) is 11.5 Å². The van der Waals surface area contributed by atoms with Gasteiger partial charge in [-0.05, 0) is 24.9 Å². The molecule has 0 fully saturated rings. The monoisotopic (exact) mass is 232 g/mol. The number of allylic oxidation sites excluding steroid dienone is 2. The number of rotatable bonds is 7. The van der Waals surface area contributed by atoms with Crippen molar-refractivity contribution >= 4 is 29.3 Å². The van der Waals surface area contributed by atoms with Crippen molar-refractivity contribution in [1.82, 2.24) is 0 Å². The second-order valence-electron chi connectivity index (χ2n) is 2.92. The van der Waals surface area contributed by atoms with Gasteiger partial charge in [0.2, 0.25) is 0 Å². The molecule has 0 aromatic heterocycles. The van der Waals surface area contributed by atoms with E-state index in [-0.39, 0.29) is 5.78 Å². The van der Waals surface area contributed by atoms with Crippen LogP contribution in [-0.4, -0.2) is 17.3 Å². The third-order valence-electron chi connectivity index (χ3n) is 1.66. The van der Waals surface area contributed by atoms with E-state index in [0.29, 0.717) is 0 Å².